The third-order valence-corrected chi connectivity index (χ3v) is 3.51. The second-order valence-electron chi connectivity index (χ2n) is 5.54. The maximum Gasteiger partial charge on any atom is 0.211 e. The quantitative estimate of drug-likeness (QED) is 0.703. The molecule has 3 rings (SSSR count). The number of amides is 1. The van der Waals surface area contributed by atoms with Crippen LogP contribution < -0.4 is 5.32 Å². The number of nitrogens with one attached hydrogen (secondary N) is 1. The zero-order valence-electron chi connectivity index (χ0n) is 14.3. The number of benzene rings is 2. The number of carbonyl (C=O) groups is 2. The molecule has 0 radical (unpaired) electrons. The normalized spacial score (nSPS) is 9.81. The van der Waals surface area contributed by atoms with Gasteiger partial charge in [0.15, 0.2) is 17.9 Å². The number of halogens is 1. The van der Waals surface area contributed by atoms with Crippen LogP contribution in [0.3, 0.4) is 0 Å². The van der Waals surface area contributed by atoms with Gasteiger partial charge in [-0.3, -0.25) is 14.3 Å². The van der Waals surface area contributed by atoms with Crippen LogP contribution in [0.5, 0.6) is 5.75 Å². The van der Waals surface area contributed by atoms with Gasteiger partial charge in [-0.15, -0.1) is 0 Å². The van der Waals surface area contributed by atoms with Gasteiger partial charge in [0, 0.05) is 24.5 Å². The van der Waals surface area contributed by atoms with Crippen molar-refractivity contribution in [3.63, 3.8) is 0 Å². The van der Waals surface area contributed by atoms with Crippen molar-refractivity contribution in [2.24, 2.45) is 7.05 Å². The van der Waals surface area contributed by atoms with Crippen molar-refractivity contribution >= 4 is 18.4 Å². The lowest BCUT2D eigenvalue weighted by Gasteiger charge is -2.00. The van der Waals surface area contributed by atoms with Crippen molar-refractivity contribution in [3.05, 3.63) is 65.7 Å². The number of nitrogens with zero attached hydrogens (tertiary/aromatic N) is 2. The molecule has 0 bridgehead atoms. The van der Waals surface area contributed by atoms with Crippen LogP contribution in [-0.2, 0) is 11.8 Å². The molecule has 134 valence electrons. The minimum Gasteiger partial charge on any atom is -0.504 e. The highest BCUT2D eigenvalue weighted by Crippen LogP contribution is 2.21. The van der Waals surface area contributed by atoms with Gasteiger partial charge in [0.05, 0.1) is 11.8 Å². The summed E-state index contributed by atoms with van der Waals surface area (Å²) in [5.74, 6) is -1.34. The van der Waals surface area contributed by atoms with E-state index < -0.39 is 11.6 Å². The summed E-state index contributed by atoms with van der Waals surface area (Å²) in [7, 11) is 1.88. The van der Waals surface area contributed by atoms with Gasteiger partial charge in [-0.2, -0.15) is 5.10 Å². The van der Waals surface area contributed by atoms with E-state index in [4.69, 9.17) is 5.11 Å². The second-order valence-corrected chi connectivity index (χ2v) is 5.54. The van der Waals surface area contributed by atoms with Crippen LogP contribution in [0, 0.1) is 12.7 Å². The molecule has 0 aliphatic carbocycles. The Balaban J connectivity index is 0.000000197. The summed E-state index contributed by atoms with van der Waals surface area (Å²) in [5, 5.41) is 15.6. The van der Waals surface area contributed by atoms with Gasteiger partial charge >= 0.3 is 0 Å². The fourth-order valence-electron chi connectivity index (χ4n) is 2.25. The van der Waals surface area contributed by atoms with Gasteiger partial charge in [0.1, 0.15) is 0 Å². The van der Waals surface area contributed by atoms with Crippen LogP contribution in [0.25, 0.3) is 11.1 Å². The second kappa shape index (κ2) is 8.57. The van der Waals surface area contributed by atoms with Crippen LogP contribution in [-0.4, -0.2) is 27.6 Å². The van der Waals surface area contributed by atoms with Gasteiger partial charge < -0.3 is 10.4 Å². The number of rotatable bonds is 4. The van der Waals surface area contributed by atoms with Crippen molar-refractivity contribution in [1.82, 2.24) is 9.78 Å². The molecule has 0 saturated carbocycles. The number of anilines is 1. The maximum absolute atomic E-state index is 12.6. The third kappa shape index (κ3) is 4.76. The summed E-state index contributed by atoms with van der Waals surface area (Å²) >= 11 is 0. The van der Waals surface area contributed by atoms with Crippen molar-refractivity contribution in [3.8, 4) is 16.9 Å². The smallest absolute Gasteiger partial charge is 0.211 e. The molecule has 6 nitrogen and oxygen atoms in total. The lowest BCUT2D eigenvalue weighted by Crippen LogP contribution is -1.92. The number of aryl methyl sites for hydroxylation is 2. The first-order chi connectivity index (χ1) is 12.4. The summed E-state index contributed by atoms with van der Waals surface area (Å²) in [6.45, 7) is 1.65. The van der Waals surface area contributed by atoms with E-state index in [1.165, 1.54) is 12.1 Å². The number of aromatic nitrogens is 2. The average Bonchev–Trinajstić information content (AvgIpc) is 3.06. The highest BCUT2D eigenvalue weighted by atomic mass is 19.1. The molecule has 2 N–H and O–H groups in total. The number of phenolic OH excluding ortho intramolecular Hbond substituents is 1. The number of phenols is 1. The lowest BCUT2D eigenvalue weighted by molar-refractivity contribution is -0.105. The minimum absolute atomic E-state index is 0.0116. The van der Waals surface area contributed by atoms with Crippen molar-refractivity contribution in [2.75, 3.05) is 5.32 Å². The fraction of sp³-hybridized carbons (Fsp3) is 0.105. The molecular formula is C19H18FN3O3. The molecule has 1 heterocycles. The van der Waals surface area contributed by atoms with E-state index in [0.717, 1.165) is 16.8 Å². The Morgan fingerprint density at radius 1 is 1.15 bits per heavy atom. The van der Waals surface area contributed by atoms with Gasteiger partial charge in [-0.25, -0.2) is 4.39 Å². The molecule has 0 atom stereocenters. The molecular weight excluding hydrogens is 337 g/mol. The highest BCUT2D eigenvalue weighted by molar-refractivity contribution is 5.79. The van der Waals surface area contributed by atoms with Crippen molar-refractivity contribution in [1.29, 1.82) is 0 Å². The number of carbonyl (C=O) groups excluding carboxylic acids is 2. The maximum atomic E-state index is 12.6. The van der Waals surface area contributed by atoms with Crippen molar-refractivity contribution in [2.45, 2.75) is 6.92 Å². The van der Waals surface area contributed by atoms with Gasteiger partial charge in [0.25, 0.3) is 0 Å². The zero-order valence-corrected chi connectivity index (χ0v) is 14.3. The monoisotopic (exact) mass is 355 g/mol. The Labute approximate surface area is 149 Å². The molecule has 0 spiro atoms. The Morgan fingerprint density at radius 3 is 2.38 bits per heavy atom. The number of hydrogen-bond acceptors (Lipinski definition) is 4. The summed E-state index contributed by atoms with van der Waals surface area (Å²) in [6.07, 6.45) is 4.84. The number of hydrogen-bond donors (Lipinski definition) is 2. The van der Waals surface area contributed by atoms with Crippen molar-refractivity contribution < 1.29 is 19.1 Å². The van der Waals surface area contributed by atoms with E-state index in [1.54, 1.807) is 11.6 Å². The van der Waals surface area contributed by atoms with E-state index in [2.05, 4.69) is 10.4 Å². The van der Waals surface area contributed by atoms with Gasteiger partial charge in [-0.1, -0.05) is 12.1 Å². The first kappa shape index (κ1) is 18.9. The molecule has 3 aromatic rings. The van der Waals surface area contributed by atoms with Crippen LogP contribution in [0.15, 0.2) is 48.8 Å². The zero-order chi connectivity index (χ0) is 19.1. The Morgan fingerprint density at radius 2 is 1.85 bits per heavy atom. The molecule has 0 unspecified atom stereocenters. The Bertz CT molecular complexity index is 905. The summed E-state index contributed by atoms with van der Waals surface area (Å²) in [4.78, 5) is 20.4. The first-order valence-electron chi connectivity index (χ1n) is 7.68. The molecule has 2 aromatic carbocycles. The van der Waals surface area contributed by atoms with Gasteiger partial charge in [-0.05, 0) is 42.3 Å². The standard InChI is InChI=1S/C11H11N3O.C8H7FO2/c1-14-7-10(6-13-14)9-2-4-11(5-3-9)12-8-15;1-5-2-6(4-10)8(11)7(9)3-5/h2-8H,1H3,(H,12,15);2-4,11H,1H3. The van der Waals surface area contributed by atoms with Crippen LogP contribution in [0.2, 0.25) is 0 Å². The van der Waals surface area contributed by atoms with E-state index >= 15 is 0 Å². The molecule has 0 aliphatic heterocycles. The Kier molecular flexibility index (Phi) is 6.21. The van der Waals surface area contributed by atoms with Crippen LogP contribution >= 0.6 is 0 Å². The third-order valence-electron chi connectivity index (χ3n) is 3.51. The number of aldehydes is 1. The largest absolute Gasteiger partial charge is 0.504 e. The Hall–Kier alpha value is -3.48. The molecule has 0 aliphatic rings. The summed E-state index contributed by atoms with van der Waals surface area (Å²) < 4.78 is 14.4. The van der Waals surface area contributed by atoms with E-state index in [0.29, 0.717) is 18.3 Å². The van der Waals surface area contributed by atoms with E-state index in [-0.39, 0.29) is 5.56 Å². The van der Waals surface area contributed by atoms with E-state index in [1.807, 2.05) is 43.7 Å². The average molecular weight is 355 g/mol. The SMILES string of the molecule is Cc1cc(F)c(O)c(C=O)c1.Cn1cc(-c2ccc(NC=O)cc2)cn1. The number of aromatic hydroxyl groups is 1. The summed E-state index contributed by atoms with van der Waals surface area (Å²) in [5.41, 5.74) is 3.54. The summed E-state index contributed by atoms with van der Waals surface area (Å²) in [6, 6.07) is 10.2. The predicted molar refractivity (Wildman–Crippen MR) is 96.5 cm³/mol. The predicted octanol–water partition coefficient (Wildman–Crippen LogP) is 3.31. The highest BCUT2D eigenvalue weighted by Gasteiger charge is 2.06. The topological polar surface area (TPSA) is 84.2 Å². The molecule has 1 amide bonds. The van der Waals surface area contributed by atoms with Crippen LogP contribution in [0.4, 0.5) is 10.1 Å². The molecule has 0 fully saturated rings. The molecule has 0 saturated heterocycles. The fourth-order valence-corrected chi connectivity index (χ4v) is 2.25. The molecule has 1 aromatic heterocycles. The minimum atomic E-state index is -0.757. The van der Waals surface area contributed by atoms with E-state index in [9.17, 15) is 14.0 Å². The van der Waals surface area contributed by atoms with Crippen LogP contribution in [0.1, 0.15) is 15.9 Å². The van der Waals surface area contributed by atoms with Gasteiger partial charge in [0.2, 0.25) is 6.41 Å². The first-order valence-corrected chi connectivity index (χ1v) is 7.68. The molecule has 26 heavy (non-hydrogen) atoms. The lowest BCUT2D eigenvalue weighted by atomic mass is 10.1. The molecule has 7 heteroatoms.